The van der Waals surface area contributed by atoms with E-state index >= 15 is 0 Å². The zero-order valence-electron chi connectivity index (χ0n) is 11.3. The van der Waals surface area contributed by atoms with E-state index < -0.39 is 5.60 Å². The van der Waals surface area contributed by atoms with Crippen molar-refractivity contribution in [2.75, 3.05) is 32.1 Å². The molecule has 0 aromatic carbocycles. The third kappa shape index (κ3) is 4.97. The van der Waals surface area contributed by atoms with Crippen molar-refractivity contribution in [3.63, 3.8) is 0 Å². The second-order valence-electron chi connectivity index (χ2n) is 5.00. The highest BCUT2D eigenvalue weighted by Crippen LogP contribution is 2.15. The van der Waals surface area contributed by atoms with Crippen LogP contribution in [0.2, 0.25) is 0 Å². The highest BCUT2D eigenvalue weighted by molar-refractivity contribution is 7.09. The van der Waals surface area contributed by atoms with E-state index in [4.69, 9.17) is 0 Å². The largest absolute Gasteiger partial charge is 0.389 e. The van der Waals surface area contributed by atoms with Gasteiger partial charge >= 0.3 is 0 Å². The van der Waals surface area contributed by atoms with Crippen molar-refractivity contribution in [1.29, 1.82) is 0 Å². The fourth-order valence-corrected chi connectivity index (χ4v) is 2.11. The lowest BCUT2D eigenvalue weighted by molar-refractivity contribution is 0.0347. The van der Waals surface area contributed by atoms with Crippen LogP contribution in [0.15, 0.2) is 0 Å². The smallest absolute Gasteiger partial charge is 0.204 e. The first-order valence-electron chi connectivity index (χ1n) is 5.76. The van der Waals surface area contributed by atoms with Crippen molar-refractivity contribution in [2.45, 2.75) is 32.9 Å². The summed E-state index contributed by atoms with van der Waals surface area (Å²) < 4.78 is 4.32. The van der Waals surface area contributed by atoms with Gasteiger partial charge in [0, 0.05) is 32.2 Å². The van der Waals surface area contributed by atoms with E-state index in [0.717, 1.165) is 17.5 Å². The molecule has 0 atom stereocenters. The predicted octanol–water partition coefficient (Wildman–Crippen LogP) is 1.20. The minimum Gasteiger partial charge on any atom is -0.389 e. The van der Waals surface area contributed by atoms with Crippen LogP contribution >= 0.6 is 11.5 Å². The van der Waals surface area contributed by atoms with Crippen LogP contribution in [-0.4, -0.2) is 52.1 Å². The number of hydrogen-bond acceptors (Lipinski definition) is 6. The Morgan fingerprint density at radius 2 is 2.00 bits per heavy atom. The first-order chi connectivity index (χ1) is 7.81. The van der Waals surface area contributed by atoms with Crippen LogP contribution in [0.4, 0.5) is 5.13 Å². The summed E-state index contributed by atoms with van der Waals surface area (Å²) in [7, 11) is 3.91. The van der Waals surface area contributed by atoms with Gasteiger partial charge in [-0.2, -0.15) is 4.37 Å². The maximum atomic E-state index is 9.80. The summed E-state index contributed by atoms with van der Waals surface area (Å²) in [6.07, 6.45) is 0. The van der Waals surface area contributed by atoms with Gasteiger partial charge in [-0.15, -0.1) is 0 Å². The number of likely N-dealkylation sites (N-methyl/N-ethyl adjacent to an activating group) is 1. The molecule has 0 saturated carbocycles. The van der Waals surface area contributed by atoms with Crippen molar-refractivity contribution in [3.8, 4) is 0 Å². The molecular weight excluding hydrogens is 236 g/mol. The Morgan fingerprint density at radius 3 is 2.41 bits per heavy atom. The molecule has 0 spiro atoms. The molecule has 5 nitrogen and oxygen atoms in total. The van der Waals surface area contributed by atoms with E-state index in [1.165, 1.54) is 11.5 Å². The molecule has 0 unspecified atom stereocenters. The monoisotopic (exact) mass is 258 g/mol. The van der Waals surface area contributed by atoms with Gasteiger partial charge in [0.1, 0.15) is 0 Å². The van der Waals surface area contributed by atoms with Crippen LogP contribution in [-0.2, 0) is 6.54 Å². The Bertz CT molecular complexity index is 345. The fourth-order valence-electron chi connectivity index (χ4n) is 1.52. The second kappa shape index (κ2) is 5.75. The lowest BCUT2D eigenvalue weighted by Crippen LogP contribution is -2.38. The average molecular weight is 258 g/mol. The van der Waals surface area contributed by atoms with Crippen LogP contribution in [0, 0.1) is 0 Å². The number of aromatic nitrogens is 2. The molecule has 0 saturated heterocycles. The van der Waals surface area contributed by atoms with Crippen LogP contribution in [0.3, 0.4) is 0 Å². The maximum absolute atomic E-state index is 9.80. The summed E-state index contributed by atoms with van der Waals surface area (Å²) in [6.45, 7) is 7.89. The van der Waals surface area contributed by atoms with Crippen molar-refractivity contribution in [3.05, 3.63) is 5.82 Å². The zero-order valence-corrected chi connectivity index (χ0v) is 12.1. The number of hydrogen-bond donors (Lipinski definition) is 1. The molecular formula is C11H22N4OS. The van der Waals surface area contributed by atoms with E-state index in [0.29, 0.717) is 13.1 Å². The van der Waals surface area contributed by atoms with E-state index in [1.807, 2.05) is 32.8 Å². The fraction of sp³-hybridized carbons (Fsp3) is 0.818. The number of rotatable bonds is 6. The molecule has 0 aliphatic heterocycles. The van der Waals surface area contributed by atoms with E-state index in [9.17, 15) is 5.11 Å². The summed E-state index contributed by atoms with van der Waals surface area (Å²) >= 11 is 1.40. The van der Waals surface area contributed by atoms with Crippen LogP contribution in [0.5, 0.6) is 0 Å². The Kier molecular flexibility index (Phi) is 4.85. The van der Waals surface area contributed by atoms with Gasteiger partial charge in [-0.05, 0) is 20.4 Å². The molecule has 1 N–H and O–H groups in total. The molecule has 0 aliphatic rings. The van der Waals surface area contributed by atoms with Gasteiger partial charge < -0.3 is 10.0 Å². The third-order valence-electron chi connectivity index (χ3n) is 2.26. The van der Waals surface area contributed by atoms with Crippen molar-refractivity contribution < 1.29 is 5.11 Å². The van der Waals surface area contributed by atoms with Gasteiger partial charge in [-0.3, -0.25) is 4.90 Å². The second-order valence-corrected chi connectivity index (χ2v) is 5.73. The predicted molar refractivity (Wildman–Crippen MR) is 71.5 cm³/mol. The van der Waals surface area contributed by atoms with Gasteiger partial charge in [0.25, 0.3) is 0 Å². The topological polar surface area (TPSA) is 52.5 Å². The Morgan fingerprint density at radius 1 is 1.35 bits per heavy atom. The number of aliphatic hydroxyl groups is 1. The lowest BCUT2D eigenvalue weighted by Gasteiger charge is -2.26. The molecule has 0 fully saturated rings. The summed E-state index contributed by atoms with van der Waals surface area (Å²) in [5.41, 5.74) is -0.684. The first kappa shape index (κ1) is 14.3. The summed E-state index contributed by atoms with van der Waals surface area (Å²) in [6, 6.07) is 0. The molecule has 17 heavy (non-hydrogen) atoms. The molecule has 1 heterocycles. The molecule has 1 aromatic rings. The molecule has 6 heteroatoms. The van der Waals surface area contributed by atoms with Crippen LogP contribution in [0.25, 0.3) is 0 Å². The molecule has 1 rings (SSSR count). The SMILES string of the molecule is CCN(Cc1nsc(N(C)C)n1)CC(C)(C)O. The Hall–Kier alpha value is -0.720. The Labute approximate surface area is 107 Å². The van der Waals surface area contributed by atoms with Gasteiger partial charge in [-0.1, -0.05) is 6.92 Å². The Balaban J connectivity index is 2.61. The molecule has 0 aliphatic carbocycles. The zero-order chi connectivity index (χ0) is 13.1. The standard InChI is InChI=1S/C11H22N4OS/c1-6-15(8-11(2,3)16)7-9-12-10(14(4)5)17-13-9/h16H,6-8H2,1-5H3. The first-order valence-corrected chi connectivity index (χ1v) is 6.54. The summed E-state index contributed by atoms with van der Waals surface area (Å²) in [4.78, 5) is 8.53. The van der Waals surface area contributed by atoms with E-state index in [-0.39, 0.29) is 0 Å². The van der Waals surface area contributed by atoms with Crippen molar-refractivity contribution in [2.24, 2.45) is 0 Å². The van der Waals surface area contributed by atoms with Crippen molar-refractivity contribution >= 4 is 16.7 Å². The molecule has 0 bridgehead atoms. The minimum absolute atomic E-state index is 0.625. The minimum atomic E-state index is -0.684. The number of anilines is 1. The van der Waals surface area contributed by atoms with E-state index in [2.05, 4.69) is 21.2 Å². The van der Waals surface area contributed by atoms with Crippen LogP contribution < -0.4 is 4.90 Å². The third-order valence-corrected chi connectivity index (χ3v) is 3.18. The quantitative estimate of drug-likeness (QED) is 0.831. The van der Waals surface area contributed by atoms with Crippen molar-refractivity contribution in [1.82, 2.24) is 14.3 Å². The average Bonchev–Trinajstić information content (AvgIpc) is 2.63. The number of nitrogens with zero attached hydrogens (tertiary/aromatic N) is 4. The maximum Gasteiger partial charge on any atom is 0.204 e. The summed E-state index contributed by atoms with van der Waals surface area (Å²) in [5, 5.41) is 10.7. The molecule has 1 aromatic heterocycles. The van der Waals surface area contributed by atoms with Gasteiger partial charge in [0.15, 0.2) is 5.82 Å². The van der Waals surface area contributed by atoms with Crippen LogP contribution in [0.1, 0.15) is 26.6 Å². The molecule has 98 valence electrons. The van der Waals surface area contributed by atoms with Gasteiger partial charge in [0.2, 0.25) is 5.13 Å². The molecule has 0 radical (unpaired) electrons. The normalized spacial score (nSPS) is 12.2. The molecule has 0 amide bonds. The van der Waals surface area contributed by atoms with Gasteiger partial charge in [-0.25, -0.2) is 4.98 Å². The van der Waals surface area contributed by atoms with E-state index in [1.54, 1.807) is 0 Å². The highest BCUT2D eigenvalue weighted by Gasteiger charge is 2.18. The lowest BCUT2D eigenvalue weighted by atomic mass is 10.1. The summed E-state index contributed by atoms with van der Waals surface area (Å²) in [5.74, 6) is 0.824. The highest BCUT2D eigenvalue weighted by atomic mass is 32.1. The van der Waals surface area contributed by atoms with Gasteiger partial charge in [0.05, 0.1) is 12.1 Å².